The van der Waals surface area contributed by atoms with Crippen molar-refractivity contribution in [2.24, 2.45) is 0 Å². The van der Waals surface area contributed by atoms with Gasteiger partial charge in [0.2, 0.25) is 0 Å². The molecule has 1 heterocycles. The van der Waals surface area contributed by atoms with Gasteiger partial charge in [-0.25, -0.2) is 0 Å². The second-order valence-corrected chi connectivity index (χ2v) is 11.4. The van der Waals surface area contributed by atoms with Crippen molar-refractivity contribution in [2.45, 2.75) is 50.1 Å². The van der Waals surface area contributed by atoms with Crippen LogP contribution in [0.25, 0.3) is 5.69 Å². The Labute approximate surface area is 226 Å². The molecule has 1 amide bonds. The van der Waals surface area contributed by atoms with Gasteiger partial charge in [0, 0.05) is 16.3 Å². The number of aromatic nitrogens is 3. The number of rotatable bonds is 7. The molecule has 186 valence electrons. The summed E-state index contributed by atoms with van der Waals surface area (Å²) < 4.78 is 1.87. The lowest BCUT2D eigenvalue weighted by atomic mass is 9.86. The van der Waals surface area contributed by atoms with Gasteiger partial charge in [0.15, 0.2) is 11.0 Å². The van der Waals surface area contributed by atoms with Gasteiger partial charge in [-0.05, 0) is 53.8 Å². The van der Waals surface area contributed by atoms with Crippen LogP contribution < -0.4 is 5.32 Å². The lowest BCUT2D eigenvalue weighted by molar-refractivity contribution is 0.0938. The molecule has 0 spiro atoms. The molecule has 0 saturated carbocycles. The average molecular weight is 540 g/mol. The SMILES string of the molecule is CC(NC(=O)c1ccc(C(C)(C)C)cc1)c1nnc(SCc2ccccc2)n1-c1cc(Cl)ccc1Cl. The van der Waals surface area contributed by atoms with E-state index in [1.165, 1.54) is 5.56 Å². The van der Waals surface area contributed by atoms with Gasteiger partial charge in [-0.1, -0.05) is 98.2 Å². The molecule has 1 N–H and O–H groups in total. The first-order chi connectivity index (χ1) is 17.1. The molecule has 0 radical (unpaired) electrons. The third-order valence-corrected chi connectivity index (χ3v) is 7.32. The Morgan fingerprint density at radius 3 is 2.36 bits per heavy atom. The first-order valence-electron chi connectivity index (χ1n) is 11.6. The normalized spacial score (nSPS) is 12.4. The van der Waals surface area contributed by atoms with E-state index in [-0.39, 0.29) is 11.3 Å². The molecule has 0 saturated heterocycles. The highest BCUT2D eigenvalue weighted by Crippen LogP contribution is 2.32. The second kappa shape index (κ2) is 11.1. The Kier molecular flexibility index (Phi) is 8.08. The van der Waals surface area contributed by atoms with Crippen molar-refractivity contribution in [3.8, 4) is 5.69 Å². The van der Waals surface area contributed by atoms with Crippen LogP contribution in [-0.4, -0.2) is 20.7 Å². The lowest BCUT2D eigenvalue weighted by Gasteiger charge is -2.20. The summed E-state index contributed by atoms with van der Waals surface area (Å²) in [6.07, 6.45) is 0. The highest BCUT2D eigenvalue weighted by Gasteiger charge is 2.23. The smallest absolute Gasteiger partial charge is 0.251 e. The molecular formula is C28H28Cl2N4OS. The number of amides is 1. The van der Waals surface area contributed by atoms with Crippen LogP contribution in [0.4, 0.5) is 0 Å². The van der Waals surface area contributed by atoms with Gasteiger partial charge >= 0.3 is 0 Å². The minimum atomic E-state index is -0.437. The van der Waals surface area contributed by atoms with Gasteiger partial charge in [-0.15, -0.1) is 10.2 Å². The molecule has 1 aromatic heterocycles. The number of carbonyl (C=O) groups is 1. The van der Waals surface area contributed by atoms with Crippen molar-refractivity contribution in [3.63, 3.8) is 0 Å². The van der Waals surface area contributed by atoms with E-state index < -0.39 is 6.04 Å². The number of thioether (sulfide) groups is 1. The number of hydrogen-bond acceptors (Lipinski definition) is 4. The Morgan fingerprint density at radius 1 is 1.00 bits per heavy atom. The van der Waals surface area contributed by atoms with Gasteiger partial charge in [0.1, 0.15) is 0 Å². The van der Waals surface area contributed by atoms with Crippen molar-refractivity contribution in [1.29, 1.82) is 0 Å². The predicted octanol–water partition coefficient (Wildman–Crippen LogP) is 7.65. The fourth-order valence-electron chi connectivity index (χ4n) is 3.73. The molecule has 0 aliphatic carbocycles. The molecule has 1 atom stereocenters. The van der Waals surface area contributed by atoms with E-state index in [4.69, 9.17) is 23.2 Å². The van der Waals surface area contributed by atoms with E-state index in [0.717, 1.165) is 5.56 Å². The van der Waals surface area contributed by atoms with E-state index in [0.29, 0.717) is 38.0 Å². The van der Waals surface area contributed by atoms with Crippen LogP contribution in [0.3, 0.4) is 0 Å². The van der Waals surface area contributed by atoms with Crippen molar-refractivity contribution in [2.75, 3.05) is 0 Å². The average Bonchev–Trinajstić information content (AvgIpc) is 3.28. The van der Waals surface area contributed by atoms with Gasteiger partial charge in [0.05, 0.1) is 16.8 Å². The first-order valence-corrected chi connectivity index (χ1v) is 13.4. The highest BCUT2D eigenvalue weighted by molar-refractivity contribution is 7.98. The lowest BCUT2D eigenvalue weighted by Crippen LogP contribution is -2.28. The zero-order valence-corrected chi connectivity index (χ0v) is 23.0. The Bertz CT molecular complexity index is 1350. The third kappa shape index (κ3) is 6.12. The summed E-state index contributed by atoms with van der Waals surface area (Å²) >= 11 is 14.4. The standard InChI is InChI=1S/C28H28Cl2N4OS/c1-18(31-26(35)20-10-12-21(13-11-20)28(2,3)4)25-32-33-27(36-17-19-8-6-5-7-9-19)34(25)24-16-22(29)14-15-23(24)30/h5-16,18H,17H2,1-4H3,(H,31,35). The van der Waals surface area contributed by atoms with Crippen LogP contribution in [0.15, 0.2) is 78.0 Å². The molecule has 8 heteroatoms. The van der Waals surface area contributed by atoms with Crippen molar-refractivity contribution < 1.29 is 4.79 Å². The molecule has 0 aliphatic heterocycles. The van der Waals surface area contributed by atoms with Crippen molar-refractivity contribution in [3.05, 3.63) is 105 Å². The fourth-order valence-corrected chi connectivity index (χ4v) is 5.00. The number of halogens is 2. The molecule has 0 fully saturated rings. The molecule has 0 aliphatic rings. The maximum Gasteiger partial charge on any atom is 0.251 e. The monoisotopic (exact) mass is 538 g/mol. The fraction of sp³-hybridized carbons (Fsp3) is 0.250. The quantitative estimate of drug-likeness (QED) is 0.245. The molecule has 0 bridgehead atoms. The second-order valence-electron chi connectivity index (χ2n) is 9.57. The van der Waals surface area contributed by atoms with Crippen LogP contribution in [0.5, 0.6) is 0 Å². The summed E-state index contributed by atoms with van der Waals surface area (Å²) in [5.74, 6) is 1.08. The molecule has 36 heavy (non-hydrogen) atoms. The van der Waals surface area contributed by atoms with Crippen molar-refractivity contribution in [1.82, 2.24) is 20.1 Å². The third-order valence-electron chi connectivity index (χ3n) is 5.77. The van der Waals surface area contributed by atoms with Crippen LogP contribution in [0.1, 0.15) is 61.0 Å². The van der Waals surface area contributed by atoms with Crippen LogP contribution in [0, 0.1) is 0 Å². The molecule has 4 aromatic rings. The van der Waals surface area contributed by atoms with Crippen LogP contribution >= 0.6 is 35.0 Å². The van der Waals surface area contributed by atoms with Gasteiger partial charge in [0.25, 0.3) is 5.91 Å². The summed E-state index contributed by atoms with van der Waals surface area (Å²) in [5, 5.41) is 13.7. The molecule has 3 aromatic carbocycles. The molecule has 1 unspecified atom stereocenters. The molecular weight excluding hydrogens is 511 g/mol. The van der Waals surface area contributed by atoms with E-state index in [1.54, 1.807) is 30.0 Å². The van der Waals surface area contributed by atoms with E-state index in [9.17, 15) is 4.79 Å². The minimum Gasteiger partial charge on any atom is -0.342 e. The summed E-state index contributed by atoms with van der Waals surface area (Å²) in [6.45, 7) is 8.31. The Balaban J connectivity index is 1.63. The van der Waals surface area contributed by atoms with Gasteiger partial charge < -0.3 is 5.32 Å². The topological polar surface area (TPSA) is 59.8 Å². The van der Waals surface area contributed by atoms with Gasteiger partial charge in [-0.3, -0.25) is 9.36 Å². The number of hydrogen-bond donors (Lipinski definition) is 1. The highest BCUT2D eigenvalue weighted by atomic mass is 35.5. The van der Waals surface area contributed by atoms with Crippen LogP contribution in [-0.2, 0) is 11.2 Å². The number of carbonyl (C=O) groups excluding carboxylic acids is 1. The molecule has 5 nitrogen and oxygen atoms in total. The summed E-state index contributed by atoms with van der Waals surface area (Å²) in [6, 6.07) is 22.6. The maximum atomic E-state index is 13.1. The van der Waals surface area contributed by atoms with E-state index in [1.807, 2.05) is 54.0 Å². The van der Waals surface area contributed by atoms with E-state index in [2.05, 4.69) is 48.4 Å². The largest absolute Gasteiger partial charge is 0.342 e. The Morgan fingerprint density at radius 2 is 1.69 bits per heavy atom. The number of nitrogens with zero attached hydrogens (tertiary/aromatic N) is 3. The predicted molar refractivity (Wildman–Crippen MR) is 148 cm³/mol. The van der Waals surface area contributed by atoms with Crippen molar-refractivity contribution >= 4 is 40.9 Å². The summed E-state index contributed by atoms with van der Waals surface area (Å²) in [4.78, 5) is 13.1. The molecule has 4 rings (SSSR count). The minimum absolute atomic E-state index is 0.0166. The zero-order valence-electron chi connectivity index (χ0n) is 20.6. The zero-order chi connectivity index (χ0) is 25.9. The summed E-state index contributed by atoms with van der Waals surface area (Å²) in [5.41, 5.74) is 3.59. The first kappa shape index (κ1) is 26.3. The van der Waals surface area contributed by atoms with Gasteiger partial charge in [-0.2, -0.15) is 0 Å². The number of benzene rings is 3. The Hall–Kier alpha value is -2.80. The van der Waals surface area contributed by atoms with E-state index >= 15 is 0 Å². The number of nitrogens with one attached hydrogen (secondary N) is 1. The summed E-state index contributed by atoms with van der Waals surface area (Å²) in [7, 11) is 0. The maximum absolute atomic E-state index is 13.1. The van der Waals surface area contributed by atoms with Crippen LogP contribution in [0.2, 0.25) is 10.0 Å².